The average Bonchev–Trinajstić information content (AvgIpc) is 2.49. The summed E-state index contributed by atoms with van der Waals surface area (Å²) in [4.78, 5) is 18.2. The van der Waals surface area contributed by atoms with Crippen LogP contribution in [0, 0.1) is 0 Å². The first-order valence-corrected chi connectivity index (χ1v) is 9.02. The fourth-order valence-electron chi connectivity index (χ4n) is 2.27. The zero-order valence-corrected chi connectivity index (χ0v) is 14.6. The topological polar surface area (TPSA) is 74.6 Å². The lowest BCUT2D eigenvalue weighted by molar-refractivity contribution is -0.159. The van der Waals surface area contributed by atoms with E-state index in [0.717, 1.165) is 0 Å². The van der Waals surface area contributed by atoms with Crippen LogP contribution in [-0.2, 0) is 9.59 Å². The lowest BCUT2D eigenvalue weighted by Gasteiger charge is -2.02. The molecule has 0 heterocycles. The van der Waals surface area contributed by atoms with Crippen molar-refractivity contribution < 1.29 is 19.8 Å². The van der Waals surface area contributed by atoms with Gasteiger partial charge in [0.25, 0.3) is 0 Å². The molecule has 0 aliphatic rings. The van der Waals surface area contributed by atoms with Crippen molar-refractivity contribution in [3.63, 3.8) is 0 Å². The van der Waals surface area contributed by atoms with Crippen molar-refractivity contribution in [2.75, 3.05) is 0 Å². The Morgan fingerprint density at radius 2 is 0.682 bits per heavy atom. The first-order valence-electron chi connectivity index (χ1n) is 9.02. The standard InChI is InChI=1S/C16H34.C2H2O4/c1-3-5-7-9-11-13-15-16-14-12-10-8-6-4-2;3-1(4)2(5)6/h3-16H2,1-2H3;(H,3,4)(H,5,6). The number of carboxylic acids is 2. The van der Waals surface area contributed by atoms with Crippen molar-refractivity contribution in [3.8, 4) is 0 Å². The van der Waals surface area contributed by atoms with Crippen molar-refractivity contribution in [3.05, 3.63) is 0 Å². The molecule has 0 bridgehead atoms. The Kier molecular flexibility index (Phi) is 21.0. The molecule has 4 nitrogen and oxygen atoms in total. The van der Waals surface area contributed by atoms with E-state index in [1.165, 1.54) is 89.9 Å². The van der Waals surface area contributed by atoms with Crippen LogP contribution in [0.25, 0.3) is 0 Å². The van der Waals surface area contributed by atoms with Crippen molar-refractivity contribution in [2.45, 2.75) is 104 Å². The number of aliphatic carboxylic acids is 2. The Bertz CT molecular complexity index is 225. The summed E-state index contributed by atoms with van der Waals surface area (Å²) in [6.45, 7) is 4.58. The zero-order valence-electron chi connectivity index (χ0n) is 14.6. The van der Waals surface area contributed by atoms with Gasteiger partial charge in [-0.25, -0.2) is 9.59 Å². The number of rotatable bonds is 13. The Morgan fingerprint density at radius 1 is 0.500 bits per heavy atom. The minimum atomic E-state index is -1.82. The zero-order chi connectivity index (χ0) is 17.1. The van der Waals surface area contributed by atoms with E-state index < -0.39 is 11.9 Å². The van der Waals surface area contributed by atoms with Crippen LogP contribution in [-0.4, -0.2) is 22.2 Å². The maximum absolute atomic E-state index is 9.10. The van der Waals surface area contributed by atoms with Gasteiger partial charge >= 0.3 is 11.9 Å². The highest BCUT2D eigenvalue weighted by Crippen LogP contribution is 2.12. The highest BCUT2D eigenvalue weighted by molar-refractivity contribution is 6.27. The average molecular weight is 316 g/mol. The van der Waals surface area contributed by atoms with Gasteiger partial charge < -0.3 is 10.2 Å². The lowest BCUT2D eigenvalue weighted by atomic mass is 10.0. The summed E-state index contributed by atoms with van der Waals surface area (Å²) < 4.78 is 0. The predicted molar refractivity (Wildman–Crippen MR) is 91.3 cm³/mol. The van der Waals surface area contributed by atoms with Gasteiger partial charge in [-0.3, -0.25) is 0 Å². The van der Waals surface area contributed by atoms with Gasteiger partial charge in [0.05, 0.1) is 0 Å². The first kappa shape index (κ1) is 23.2. The fraction of sp³-hybridized carbons (Fsp3) is 0.889. The number of hydrogen-bond donors (Lipinski definition) is 2. The maximum Gasteiger partial charge on any atom is 0.414 e. The molecular formula is C18H36O4. The summed E-state index contributed by atoms with van der Waals surface area (Å²) >= 11 is 0. The van der Waals surface area contributed by atoms with E-state index in [1.54, 1.807) is 0 Å². The second-order valence-corrected chi connectivity index (χ2v) is 5.85. The Hall–Kier alpha value is -1.06. The lowest BCUT2D eigenvalue weighted by Crippen LogP contribution is -2.09. The van der Waals surface area contributed by atoms with Crippen LogP contribution in [0.15, 0.2) is 0 Å². The minimum Gasteiger partial charge on any atom is -0.473 e. The van der Waals surface area contributed by atoms with Crippen LogP contribution in [0.3, 0.4) is 0 Å². The largest absolute Gasteiger partial charge is 0.473 e. The van der Waals surface area contributed by atoms with Crippen LogP contribution >= 0.6 is 0 Å². The summed E-state index contributed by atoms with van der Waals surface area (Å²) in [5, 5.41) is 14.8. The fourth-order valence-corrected chi connectivity index (χ4v) is 2.27. The Labute approximate surface area is 136 Å². The SMILES string of the molecule is CCCCCCCCCCCCCCCC.O=C(O)C(=O)O. The highest BCUT2D eigenvalue weighted by Gasteiger charge is 2.04. The molecule has 0 saturated carbocycles. The molecule has 0 amide bonds. The quantitative estimate of drug-likeness (QED) is 0.340. The Morgan fingerprint density at radius 3 is 0.818 bits per heavy atom. The molecule has 4 heteroatoms. The van der Waals surface area contributed by atoms with Crippen LogP contribution in [0.5, 0.6) is 0 Å². The van der Waals surface area contributed by atoms with Crippen LogP contribution in [0.1, 0.15) is 104 Å². The summed E-state index contributed by atoms with van der Waals surface area (Å²) in [5.74, 6) is -3.65. The molecule has 0 radical (unpaired) electrons. The van der Waals surface area contributed by atoms with E-state index in [0.29, 0.717) is 0 Å². The van der Waals surface area contributed by atoms with Gasteiger partial charge in [-0.1, -0.05) is 104 Å². The predicted octanol–water partition coefficient (Wildman–Crippen LogP) is 5.64. The molecule has 0 fully saturated rings. The molecule has 22 heavy (non-hydrogen) atoms. The van der Waals surface area contributed by atoms with Crippen molar-refractivity contribution in [2.24, 2.45) is 0 Å². The van der Waals surface area contributed by atoms with Crippen LogP contribution in [0.2, 0.25) is 0 Å². The molecule has 0 atom stereocenters. The molecule has 0 aliphatic carbocycles. The first-order chi connectivity index (χ1) is 10.6. The molecular weight excluding hydrogens is 280 g/mol. The molecule has 0 saturated heterocycles. The Balaban J connectivity index is 0. The van der Waals surface area contributed by atoms with Gasteiger partial charge in [-0.05, 0) is 0 Å². The van der Waals surface area contributed by atoms with Crippen molar-refractivity contribution >= 4 is 11.9 Å². The third-order valence-corrected chi connectivity index (χ3v) is 3.64. The van der Waals surface area contributed by atoms with E-state index in [4.69, 9.17) is 19.8 Å². The number of unbranched alkanes of at least 4 members (excludes halogenated alkanes) is 13. The molecule has 0 rings (SSSR count). The maximum atomic E-state index is 9.10. The van der Waals surface area contributed by atoms with Crippen molar-refractivity contribution in [1.29, 1.82) is 0 Å². The minimum absolute atomic E-state index is 1.37. The van der Waals surface area contributed by atoms with E-state index >= 15 is 0 Å². The summed E-state index contributed by atoms with van der Waals surface area (Å²) in [7, 11) is 0. The van der Waals surface area contributed by atoms with Gasteiger partial charge in [-0.15, -0.1) is 0 Å². The monoisotopic (exact) mass is 316 g/mol. The number of hydrogen-bond acceptors (Lipinski definition) is 2. The smallest absolute Gasteiger partial charge is 0.414 e. The second kappa shape index (κ2) is 19.9. The molecule has 0 unspecified atom stereocenters. The molecule has 0 aromatic rings. The van der Waals surface area contributed by atoms with Crippen LogP contribution in [0.4, 0.5) is 0 Å². The molecule has 132 valence electrons. The van der Waals surface area contributed by atoms with Gasteiger partial charge in [0, 0.05) is 0 Å². The molecule has 0 aromatic heterocycles. The van der Waals surface area contributed by atoms with E-state index in [9.17, 15) is 0 Å². The third-order valence-electron chi connectivity index (χ3n) is 3.64. The van der Waals surface area contributed by atoms with E-state index in [2.05, 4.69) is 13.8 Å². The molecule has 0 aromatic carbocycles. The highest BCUT2D eigenvalue weighted by atomic mass is 16.4. The molecule has 0 aliphatic heterocycles. The normalized spacial score (nSPS) is 9.91. The summed E-state index contributed by atoms with van der Waals surface area (Å²) in [6.07, 6.45) is 20.4. The van der Waals surface area contributed by atoms with Crippen LogP contribution < -0.4 is 0 Å². The van der Waals surface area contributed by atoms with Gasteiger partial charge in [0.15, 0.2) is 0 Å². The number of carbonyl (C=O) groups is 2. The van der Waals surface area contributed by atoms with Gasteiger partial charge in [0.1, 0.15) is 0 Å². The summed E-state index contributed by atoms with van der Waals surface area (Å²) in [5.41, 5.74) is 0. The second-order valence-electron chi connectivity index (χ2n) is 5.85. The third kappa shape index (κ3) is 24.0. The van der Waals surface area contributed by atoms with Crippen molar-refractivity contribution in [1.82, 2.24) is 0 Å². The molecule has 2 N–H and O–H groups in total. The molecule has 0 spiro atoms. The number of carboxylic acid groups (broad SMARTS) is 2. The van der Waals surface area contributed by atoms with Gasteiger partial charge in [0.2, 0.25) is 0 Å². The van der Waals surface area contributed by atoms with E-state index in [-0.39, 0.29) is 0 Å². The summed E-state index contributed by atoms with van der Waals surface area (Å²) in [6, 6.07) is 0. The van der Waals surface area contributed by atoms with E-state index in [1.807, 2.05) is 0 Å². The van der Waals surface area contributed by atoms with Gasteiger partial charge in [-0.2, -0.15) is 0 Å².